The van der Waals surface area contributed by atoms with Gasteiger partial charge in [0, 0.05) is 5.38 Å². The Labute approximate surface area is 102 Å². The Morgan fingerprint density at radius 2 is 1.93 bits per heavy atom. The molecule has 0 unspecified atom stereocenters. The van der Waals surface area contributed by atoms with Gasteiger partial charge in [-0.15, -0.1) is 11.3 Å². The van der Waals surface area contributed by atoms with E-state index in [1.807, 2.05) is 0 Å². The number of aryl methyl sites for hydroxylation is 2. The Kier molecular flexibility index (Phi) is 3.92. The molecule has 0 saturated carbocycles. The van der Waals surface area contributed by atoms with Crippen LogP contribution in [0.2, 0.25) is 0 Å². The summed E-state index contributed by atoms with van der Waals surface area (Å²) in [7, 11) is 0. The normalized spacial score (nSPS) is 10.5. The average molecular weight is 282 g/mol. The maximum Gasteiger partial charge on any atom is 0.159 e. The van der Waals surface area contributed by atoms with E-state index in [1.54, 1.807) is 11.3 Å². The first-order chi connectivity index (χ1) is 7.34. The zero-order valence-electron chi connectivity index (χ0n) is 8.32. The third-order valence-corrected chi connectivity index (χ3v) is 3.68. The standard InChI is InChI=1S/C12H12BrNS/c13-12-14-11(9-15-12)8-4-7-10-5-2-1-3-6-10/h1-3,5-6,9H,4,7-8H2. The van der Waals surface area contributed by atoms with Gasteiger partial charge in [0.15, 0.2) is 3.92 Å². The lowest BCUT2D eigenvalue weighted by molar-refractivity contribution is 0.803. The smallest absolute Gasteiger partial charge is 0.159 e. The number of aromatic nitrogens is 1. The third kappa shape index (κ3) is 3.43. The lowest BCUT2D eigenvalue weighted by Gasteiger charge is -1.99. The second-order valence-corrected chi connectivity index (χ2v) is 5.57. The predicted molar refractivity (Wildman–Crippen MR) is 68.3 cm³/mol. The van der Waals surface area contributed by atoms with Crippen LogP contribution in [0.4, 0.5) is 0 Å². The molecule has 1 heterocycles. The van der Waals surface area contributed by atoms with E-state index in [4.69, 9.17) is 0 Å². The lowest BCUT2D eigenvalue weighted by Crippen LogP contribution is -1.89. The number of hydrogen-bond donors (Lipinski definition) is 0. The summed E-state index contributed by atoms with van der Waals surface area (Å²) in [6.45, 7) is 0. The van der Waals surface area contributed by atoms with Crippen LogP contribution in [0.5, 0.6) is 0 Å². The van der Waals surface area contributed by atoms with Crippen molar-refractivity contribution in [3.05, 3.63) is 50.9 Å². The highest BCUT2D eigenvalue weighted by Gasteiger charge is 1.99. The van der Waals surface area contributed by atoms with Crippen LogP contribution in [0.1, 0.15) is 17.7 Å². The van der Waals surface area contributed by atoms with E-state index < -0.39 is 0 Å². The molecule has 0 amide bonds. The summed E-state index contributed by atoms with van der Waals surface area (Å²) >= 11 is 5.03. The van der Waals surface area contributed by atoms with Gasteiger partial charge in [0.2, 0.25) is 0 Å². The molecular formula is C12H12BrNS. The monoisotopic (exact) mass is 281 g/mol. The molecule has 0 saturated heterocycles. The Morgan fingerprint density at radius 3 is 2.60 bits per heavy atom. The SMILES string of the molecule is Brc1nc(CCCc2ccccc2)cs1. The molecule has 2 rings (SSSR count). The highest BCUT2D eigenvalue weighted by atomic mass is 79.9. The van der Waals surface area contributed by atoms with Crippen molar-refractivity contribution in [2.24, 2.45) is 0 Å². The Hall–Kier alpha value is -0.670. The van der Waals surface area contributed by atoms with Crippen LogP contribution >= 0.6 is 27.3 Å². The summed E-state index contributed by atoms with van der Waals surface area (Å²) in [5.74, 6) is 0. The molecule has 0 aliphatic rings. The van der Waals surface area contributed by atoms with E-state index in [2.05, 4.69) is 56.6 Å². The van der Waals surface area contributed by atoms with Crippen LogP contribution in [-0.2, 0) is 12.8 Å². The quantitative estimate of drug-likeness (QED) is 0.823. The third-order valence-electron chi connectivity index (χ3n) is 2.26. The molecule has 0 bridgehead atoms. The van der Waals surface area contributed by atoms with E-state index in [1.165, 1.54) is 17.7 Å². The maximum absolute atomic E-state index is 4.38. The predicted octanol–water partition coefficient (Wildman–Crippen LogP) is 4.08. The van der Waals surface area contributed by atoms with Gasteiger partial charge in [-0.2, -0.15) is 0 Å². The van der Waals surface area contributed by atoms with Gasteiger partial charge >= 0.3 is 0 Å². The van der Waals surface area contributed by atoms with Gasteiger partial charge < -0.3 is 0 Å². The zero-order valence-corrected chi connectivity index (χ0v) is 10.7. The molecule has 1 aromatic heterocycles. The van der Waals surface area contributed by atoms with Crippen molar-refractivity contribution in [2.75, 3.05) is 0 Å². The second kappa shape index (κ2) is 5.42. The largest absolute Gasteiger partial charge is 0.234 e. The molecule has 0 atom stereocenters. The summed E-state index contributed by atoms with van der Waals surface area (Å²) in [6.07, 6.45) is 3.37. The van der Waals surface area contributed by atoms with Crippen LogP contribution in [0.15, 0.2) is 39.6 Å². The number of hydrogen-bond acceptors (Lipinski definition) is 2. The number of thiazole rings is 1. The Morgan fingerprint density at radius 1 is 1.13 bits per heavy atom. The zero-order chi connectivity index (χ0) is 10.5. The van der Waals surface area contributed by atoms with Gasteiger partial charge in [-0.3, -0.25) is 0 Å². The summed E-state index contributed by atoms with van der Waals surface area (Å²) in [5, 5.41) is 2.12. The topological polar surface area (TPSA) is 12.9 Å². The molecule has 0 aliphatic heterocycles. The molecule has 1 nitrogen and oxygen atoms in total. The van der Waals surface area contributed by atoms with Crippen molar-refractivity contribution in [3.8, 4) is 0 Å². The summed E-state index contributed by atoms with van der Waals surface area (Å²) in [5.41, 5.74) is 2.61. The average Bonchev–Trinajstić information content (AvgIpc) is 2.66. The van der Waals surface area contributed by atoms with Crippen LogP contribution in [0.3, 0.4) is 0 Å². The summed E-state index contributed by atoms with van der Waals surface area (Å²) in [6, 6.07) is 10.6. The molecule has 1 aromatic carbocycles. The van der Waals surface area contributed by atoms with Crippen molar-refractivity contribution in [2.45, 2.75) is 19.3 Å². The lowest BCUT2D eigenvalue weighted by atomic mass is 10.1. The van der Waals surface area contributed by atoms with E-state index in [0.717, 1.165) is 16.8 Å². The highest BCUT2D eigenvalue weighted by Crippen LogP contribution is 2.17. The fourth-order valence-electron chi connectivity index (χ4n) is 1.52. The first-order valence-electron chi connectivity index (χ1n) is 4.98. The number of halogens is 1. The van der Waals surface area contributed by atoms with E-state index in [9.17, 15) is 0 Å². The molecule has 2 aromatic rings. The second-order valence-electron chi connectivity index (χ2n) is 3.43. The molecule has 0 spiro atoms. The molecule has 0 radical (unpaired) electrons. The van der Waals surface area contributed by atoms with E-state index in [-0.39, 0.29) is 0 Å². The van der Waals surface area contributed by atoms with Crippen molar-refractivity contribution in [3.63, 3.8) is 0 Å². The van der Waals surface area contributed by atoms with Crippen molar-refractivity contribution >= 4 is 27.3 Å². The van der Waals surface area contributed by atoms with Gasteiger partial charge in [-0.1, -0.05) is 30.3 Å². The minimum absolute atomic E-state index is 0.984. The van der Waals surface area contributed by atoms with Crippen LogP contribution in [-0.4, -0.2) is 4.98 Å². The highest BCUT2D eigenvalue weighted by molar-refractivity contribution is 9.11. The van der Waals surface area contributed by atoms with Crippen molar-refractivity contribution in [1.29, 1.82) is 0 Å². The van der Waals surface area contributed by atoms with Gasteiger partial charge in [0.25, 0.3) is 0 Å². The van der Waals surface area contributed by atoms with Crippen LogP contribution in [0, 0.1) is 0 Å². The first kappa shape index (κ1) is 10.8. The van der Waals surface area contributed by atoms with Crippen LogP contribution in [0.25, 0.3) is 0 Å². The van der Waals surface area contributed by atoms with E-state index in [0.29, 0.717) is 0 Å². The van der Waals surface area contributed by atoms with Gasteiger partial charge in [0.1, 0.15) is 0 Å². The number of rotatable bonds is 4. The molecule has 15 heavy (non-hydrogen) atoms. The van der Waals surface area contributed by atoms with E-state index >= 15 is 0 Å². The van der Waals surface area contributed by atoms with Gasteiger partial charge in [-0.05, 0) is 40.8 Å². The molecule has 0 aliphatic carbocycles. The molecule has 0 fully saturated rings. The minimum Gasteiger partial charge on any atom is -0.234 e. The fourth-order valence-corrected chi connectivity index (χ4v) is 2.60. The van der Waals surface area contributed by atoms with Gasteiger partial charge in [0.05, 0.1) is 5.69 Å². The first-order valence-corrected chi connectivity index (χ1v) is 6.66. The summed E-state index contributed by atoms with van der Waals surface area (Å²) in [4.78, 5) is 4.38. The fraction of sp³-hybridized carbons (Fsp3) is 0.250. The van der Waals surface area contributed by atoms with Crippen LogP contribution < -0.4 is 0 Å². The Bertz CT molecular complexity index is 411. The van der Waals surface area contributed by atoms with Crippen molar-refractivity contribution in [1.82, 2.24) is 4.98 Å². The Balaban J connectivity index is 1.80. The number of benzene rings is 1. The molecule has 78 valence electrons. The number of nitrogens with zero attached hydrogens (tertiary/aromatic N) is 1. The minimum atomic E-state index is 0.984. The molecule has 3 heteroatoms. The maximum atomic E-state index is 4.38. The van der Waals surface area contributed by atoms with Gasteiger partial charge in [-0.25, -0.2) is 4.98 Å². The molecule has 0 N–H and O–H groups in total. The molecular weight excluding hydrogens is 270 g/mol. The summed E-state index contributed by atoms with van der Waals surface area (Å²) < 4.78 is 0.984. The van der Waals surface area contributed by atoms with Crippen molar-refractivity contribution < 1.29 is 0 Å².